The van der Waals surface area contributed by atoms with Crippen LogP contribution < -0.4 is 9.03 Å². The van der Waals surface area contributed by atoms with Crippen molar-refractivity contribution in [1.29, 1.82) is 0 Å². The van der Waals surface area contributed by atoms with Gasteiger partial charge in [0.2, 0.25) is 10.0 Å². The summed E-state index contributed by atoms with van der Waals surface area (Å²) in [7, 11) is -7.10. The van der Waals surface area contributed by atoms with Crippen LogP contribution in [0.2, 0.25) is 0 Å². The molecule has 25 heavy (non-hydrogen) atoms. The Bertz CT molecular complexity index is 1040. The standard InChI is InChI=1S/C17H20N2O4S2/c1-12-4-5-13(2)16(10-12)18-25(22,23)15-6-7-17-14(11-15)8-9-19(17)24(3,20)21/h4-7,10-11,18H,8-9H2,1-3H3. The van der Waals surface area contributed by atoms with Gasteiger partial charge < -0.3 is 0 Å². The number of nitrogens with zero attached hydrogens (tertiary/aromatic N) is 1. The minimum absolute atomic E-state index is 0.127. The van der Waals surface area contributed by atoms with Gasteiger partial charge in [-0.05, 0) is 61.2 Å². The number of aryl methyl sites for hydroxylation is 2. The first-order chi connectivity index (χ1) is 11.6. The van der Waals surface area contributed by atoms with Crippen LogP contribution in [0.4, 0.5) is 11.4 Å². The minimum Gasteiger partial charge on any atom is -0.279 e. The first-order valence-corrected chi connectivity index (χ1v) is 11.1. The molecular weight excluding hydrogens is 360 g/mol. The van der Waals surface area contributed by atoms with Gasteiger partial charge in [0.15, 0.2) is 0 Å². The third kappa shape index (κ3) is 3.50. The van der Waals surface area contributed by atoms with Crippen LogP contribution in [0.3, 0.4) is 0 Å². The summed E-state index contributed by atoms with van der Waals surface area (Å²) < 4.78 is 52.9. The molecule has 1 aliphatic rings. The first kappa shape index (κ1) is 17.8. The van der Waals surface area contributed by atoms with E-state index in [1.165, 1.54) is 10.4 Å². The fourth-order valence-electron chi connectivity index (χ4n) is 2.91. The highest BCUT2D eigenvalue weighted by Crippen LogP contribution is 2.32. The Morgan fingerprint density at radius 3 is 2.40 bits per heavy atom. The van der Waals surface area contributed by atoms with E-state index in [4.69, 9.17) is 0 Å². The second-order valence-electron chi connectivity index (χ2n) is 6.30. The highest BCUT2D eigenvalue weighted by molar-refractivity contribution is 7.92. The molecule has 0 amide bonds. The summed E-state index contributed by atoms with van der Waals surface area (Å²) >= 11 is 0. The van der Waals surface area contributed by atoms with Crippen LogP contribution in [0.25, 0.3) is 0 Å². The lowest BCUT2D eigenvalue weighted by atomic mass is 10.1. The molecule has 0 saturated carbocycles. The van der Waals surface area contributed by atoms with Gasteiger partial charge in [0.05, 0.1) is 22.5 Å². The smallest absolute Gasteiger partial charge is 0.261 e. The van der Waals surface area contributed by atoms with E-state index in [0.29, 0.717) is 29.9 Å². The van der Waals surface area contributed by atoms with Gasteiger partial charge in [0.25, 0.3) is 10.0 Å². The lowest BCUT2D eigenvalue weighted by Crippen LogP contribution is -2.27. The normalized spacial score (nSPS) is 14.4. The van der Waals surface area contributed by atoms with E-state index < -0.39 is 20.0 Å². The fourth-order valence-corrected chi connectivity index (χ4v) is 5.04. The van der Waals surface area contributed by atoms with E-state index >= 15 is 0 Å². The molecular formula is C17H20N2O4S2. The number of fused-ring (bicyclic) bond motifs is 1. The number of anilines is 2. The highest BCUT2D eigenvalue weighted by Gasteiger charge is 2.28. The van der Waals surface area contributed by atoms with Crippen LogP contribution in [-0.4, -0.2) is 29.6 Å². The SMILES string of the molecule is Cc1ccc(C)c(NS(=O)(=O)c2ccc3c(c2)CCN3S(C)(=O)=O)c1. The zero-order chi connectivity index (χ0) is 18.4. The number of hydrogen-bond acceptors (Lipinski definition) is 4. The fraction of sp³-hybridized carbons (Fsp3) is 0.294. The van der Waals surface area contributed by atoms with E-state index in [9.17, 15) is 16.8 Å². The van der Waals surface area contributed by atoms with Crippen molar-refractivity contribution in [2.75, 3.05) is 21.8 Å². The maximum Gasteiger partial charge on any atom is 0.261 e. The number of rotatable bonds is 4. The van der Waals surface area contributed by atoms with Crippen LogP contribution in [0.1, 0.15) is 16.7 Å². The molecule has 1 aliphatic heterocycles. The first-order valence-electron chi connectivity index (χ1n) is 7.79. The predicted molar refractivity (Wildman–Crippen MR) is 99.1 cm³/mol. The van der Waals surface area contributed by atoms with E-state index in [-0.39, 0.29) is 4.90 Å². The van der Waals surface area contributed by atoms with Gasteiger partial charge in [0.1, 0.15) is 0 Å². The third-order valence-electron chi connectivity index (χ3n) is 4.25. The molecule has 0 aromatic heterocycles. The molecule has 2 aromatic carbocycles. The molecule has 0 aliphatic carbocycles. The lowest BCUT2D eigenvalue weighted by molar-refractivity contribution is 0.597. The summed E-state index contributed by atoms with van der Waals surface area (Å²) in [6, 6.07) is 10.1. The predicted octanol–water partition coefficient (Wildman–Crippen LogP) is 2.43. The monoisotopic (exact) mass is 380 g/mol. The van der Waals surface area contributed by atoms with Gasteiger partial charge in [-0.2, -0.15) is 0 Å². The molecule has 3 rings (SSSR count). The Kier molecular flexibility index (Phi) is 4.28. The molecule has 0 unspecified atom stereocenters. The van der Waals surface area contributed by atoms with Crippen molar-refractivity contribution in [2.24, 2.45) is 0 Å². The average Bonchev–Trinajstić information content (AvgIpc) is 2.94. The van der Waals surface area contributed by atoms with Crippen molar-refractivity contribution >= 4 is 31.4 Å². The van der Waals surface area contributed by atoms with Crippen molar-refractivity contribution in [1.82, 2.24) is 0 Å². The quantitative estimate of drug-likeness (QED) is 0.883. The molecule has 0 saturated heterocycles. The molecule has 6 nitrogen and oxygen atoms in total. The Morgan fingerprint density at radius 1 is 1.00 bits per heavy atom. The number of sulfonamides is 2. The van der Waals surface area contributed by atoms with Crippen molar-refractivity contribution in [3.63, 3.8) is 0 Å². The molecule has 8 heteroatoms. The van der Waals surface area contributed by atoms with Crippen molar-refractivity contribution in [3.05, 3.63) is 53.1 Å². The van der Waals surface area contributed by atoms with E-state index in [0.717, 1.165) is 17.4 Å². The molecule has 0 spiro atoms. The third-order valence-corrected chi connectivity index (χ3v) is 6.80. The summed E-state index contributed by atoms with van der Waals surface area (Å²) in [5.74, 6) is 0. The summed E-state index contributed by atoms with van der Waals surface area (Å²) in [6.07, 6.45) is 1.64. The number of nitrogens with one attached hydrogen (secondary N) is 1. The van der Waals surface area contributed by atoms with Crippen molar-refractivity contribution in [2.45, 2.75) is 25.2 Å². The molecule has 0 atom stereocenters. The highest BCUT2D eigenvalue weighted by atomic mass is 32.2. The Labute approximate surface area is 148 Å². The Balaban J connectivity index is 1.96. The molecule has 0 bridgehead atoms. The van der Waals surface area contributed by atoms with E-state index in [1.54, 1.807) is 18.2 Å². The maximum atomic E-state index is 12.7. The van der Waals surface area contributed by atoms with Gasteiger partial charge in [-0.3, -0.25) is 9.03 Å². The minimum atomic E-state index is -3.75. The summed E-state index contributed by atoms with van der Waals surface area (Å²) in [6.45, 7) is 4.07. The van der Waals surface area contributed by atoms with Crippen LogP contribution >= 0.6 is 0 Å². The van der Waals surface area contributed by atoms with Crippen molar-refractivity contribution < 1.29 is 16.8 Å². The van der Waals surface area contributed by atoms with Gasteiger partial charge in [-0.1, -0.05) is 12.1 Å². The number of hydrogen-bond donors (Lipinski definition) is 1. The van der Waals surface area contributed by atoms with Gasteiger partial charge in [-0.25, -0.2) is 16.8 Å². The second-order valence-corrected chi connectivity index (χ2v) is 9.89. The van der Waals surface area contributed by atoms with E-state index in [2.05, 4.69) is 4.72 Å². The molecule has 0 fully saturated rings. The van der Waals surface area contributed by atoms with Crippen molar-refractivity contribution in [3.8, 4) is 0 Å². The summed E-state index contributed by atoms with van der Waals surface area (Å²) in [5.41, 5.74) is 3.60. The summed E-state index contributed by atoms with van der Waals surface area (Å²) in [4.78, 5) is 0.127. The Hall–Kier alpha value is -2.06. The topological polar surface area (TPSA) is 83.6 Å². The van der Waals surface area contributed by atoms with Gasteiger partial charge in [0, 0.05) is 6.54 Å². The zero-order valence-electron chi connectivity index (χ0n) is 14.3. The lowest BCUT2D eigenvalue weighted by Gasteiger charge is -2.17. The zero-order valence-corrected chi connectivity index (χ0v) is 15.9. The number of benzene rings is 2. The largest absolute Gasteiger partial charge is 0.279 e. The van der Waals surface area contributed by atoms with Crippen LogP contribution in [0.15, 0.2) is 41.3 Å². The average molecular weight is 380 g/mol. The van der Waals surface area contributed by atoms with Crippen LogP contribution in [0, 0.1) is 13.8 Å². The second kappa shape index (κ2) is 6.03. The molecule has 1 heterocycles. The van der Waals surface area contributed by atoms with Gasteiger partial charge >= 0.3 is 0 Å². The summed E-state index contributed by atoms with van der Waals surface area (Å²) in [5, 5.41) is 0. The van der Waals surface area contributed by atoms with Gasteiger partial charge in [-0.15, -0.1) is 0 Å². The molecule has 0 radical (unpaired) electrons. The maximum absolute atomic E-state index is 12.7. The van der Waals surface area contributed by atoms with Crippen LogP contribution in [-0.2, 0) is 26.5 Å². The molecule has 2 aromatic rings. The molecule has 1 N–H and O–H groups in total. The Morgan fingerprint density at radius 2 is 1.72 bits per heavy atom. The van der Waals surface area contributed by atoms with Crippen LogP contribution in [0.5, 0.6) is 0 Å². The molecule has 134 valence electrons. The van der Waals surface area contributed by atoms with E-state index in [1.807, 2.05) is 26.0 Å².